The Kier molecular flexibility index (Phi) is 3.79. The van der Waals surface area contributed by atoms with Crippen LogP contribution in [0.1, 0.15) is 53.4 Å². The number of morpholine rings is 1. The van der Waals surface area contributed by atoms with Crippen molar-refractivity contribution in [1.82, 2.24) is 4.90 Å². The van der Waals surface area contributed by atoms with E-state index >= 15 is 0 Å². The number of ether oxygens (including phenoxy) is 1. The highest BCUT2D eigenvalue weighted by Crippen LogP contribution is 2.49. The molecular formula is C15H30N2O. The zero-order valence-electron chi connectivity index (χ0n) is 12.6. The molecule has 18 heavy (non-hydrogen) atoms. The Labute approximate surface area is 112 Å². The van der Waals surface area contributed by atoms with E-state index in [4.69, 9.17) is 10.5 Å². The summed E-state index contributed by atoms with van der Waals surface area (Å²) in [7, 11) is 0. The Morgan fingerprint density at radius 2 is 1.78 bits per heavy atom. The molecule has 1 aliphatic heterocycles. The number of nitrogens with zero attached hydrogens (tertiary/aromatic N) is 1. The molecule has 1 unspecified atom stereocenters. The summed E-state index contributed by atoms with van der Waals surface area (Å²) < 4.78 is 5.68. The molecule has 0 amide bonds. The Morgan fingerprint density at radius 3 is 2.33 bits per heavy atom. The molecule has 0 bridgehead atoms. The summed E-state index contributed by atoms with van der Waals surface area (Å²) in [6.45, 7) is 12.9. The second kappa shape index (κ2) is 4.77. The molecule has 0 aromatic carbocycles. The summed E-state index contributed by atoms with van der Waals surface area (Å²) in [5.41, 5.74) is 6.84. The van der Waals surface area contributed by atoms with Crippen molar-refractivity contribution >= 4 is 0 Å². The number of hydrogen-bond donors (Lipinski definition) is 1. The molecule has 3 nitrogen and oxygen atoms in total. The quantitative estimate of drug-likeness (QED) is 0.822. The monoisotopic (exact) mass is 254 g/mol. The van der Waals surface area contributed by atoms with E-state index in [0.29, 0.717) is 5.41 Å². The van der Waals surface area contributed by atoms with Crippen molar-refractivity contribution in [2.45, 2.75) is 64.5 Å². The van der Waals surface area contributed by atoms with Crippen LogP contribution in [0.3, 0.4) is 0 Å². The number of nitrogens with two attached hydrogens (primary N) is 1. The SMILES string of the molecule is CC1(C)COCCN1C1(CN)CCCCC1(C)C. The lowest BCUT2D eigenvalue weighted by Gasteiger charge is -2.61. The van der Waals surface area contributed by atoms with Gasteiger partial charge in [-0.2, -0.15) is 0 Å². The van der Waals surface area contributed by atoms with Crippen LogP contribution in [0.4, 0.5) is 0 Å². The smallest absolute Gasteiger partial charge is 0.0645 e. The van der Waals surface area contributed by atoms with E-state index in [1.165, 1.54) is 25.7 Å². The van der Waals surface area contributed by atoms with E-state index in [1.54, 1.807) is 0 Å². The van der Waals surface area contributed by atoms with Gasteiger partial charge in [-0.05, 0) is 32.1 Å². The first kappa shape index (κ1) is 14.3. The van der Waals surface area contributed by atoms with Crippen LogP contribution < -0.4 is 5.73 Å². The van der Waals surface area contributed by atoms with E-state index in [9.17, 15) is 0 Å². The van der Waals surface area contributed by atoms with Gasteiger partial charge in [-0.1, -0.05) is 26.7 Å². The van der Waals surface area contributed by atoms with Gasteiger partial charge < -0.3 is 10.5 Å². The summed E-state index contributed by atoms with van der Waals surface area (Å²) >= 11 is 0. The van der Waals surface area contributed by atoms with Gasteiger partial charge in [-0.15, -0.1) is 0 Å². The molecule has 0 radical (unpaired) electrons. The van der Waals surface area contributed by atoms with E-state index in [2.05, 4.69) is 32.6 Å². The molecule has 106 valence electrons. The van der Waals surface area contributed by atoms with Crippen molar-refractivity contribution in [3.63, 3.8) is 0 Å². The van der Waals surface area contributed by atoms with Gasteiger partial charge >= 0.3 is 0 Å². The minimum atomic E-state index is 0.103. The third-order valence-electron chi connectivity index (χ3n) is 5.40. The third-order valence-corrected chi connectivity index (χ3v) is 5.40. The van der Waals surface area contributed by atoms with Crippen molar-refractivity contribution in [3.8, 4) is 0 Å². The second-order valence-electron chi connectivity index (χ2n) is 7.34. The van der Waals surface area contributed by atoms with Gasteiger partial charge in [0.05, 0.1) is 13.2 Å². The highest BCUT2D eigenvalue weighted by molar-refractivity contribution is 5.09. The first-order valence-electron chi connectivity index (χ1n) is 7.41. The molecule has 1 atom stereocenters. The van der Waals surface area contributed by atoms with Crippen molar-refractivity contribution in [1.29, 1.82) is 0 Å². The van der Waals surface area contributed by atoms with E-state index in [0.717, 1.165) is 26.3 Å². The second-order valence-corrected chi connectivity index (χ2v) is 7.34. The fourth-order valence-corrected chi connectivity index (χ4v) is 4.20. The minimum Gasteiger partial charge on any atom is -0.378 e. The fraction of sp³-hybridized carbons (Fsp3) is 1.00. The van der Waals surface area contributed by atoms with E-state index in [1.807, 2.05) is 0 Å². The summed E-state index contributed by atoms with van der Waals surface area (Å²) in [4.78, 5) is 2.67. The van der Waals surface area contributed by atoms with Gasteiger partial charge in [-0.25, -0.2) is 0 Å². The van der Waals surface area contributed by atoms with E-state index < -0.39 is 0 Å². The molecule has 3 heteroatoms. The zero-order valence-corrected chi connectivity index (χ0v) is 12.6. The maximum absolute atomic E-state index is 6.28. The first-order chi connectivity index (χ1) is 8.36. The average molecular weight is 254 g/mol. The lowest BCUT2D eigenvalue weighted by molar-refractivity contribution is -0.151. The average Bonchev–Trinajstić information content (AvgIpc) is 2.29. The Hall–Kier alpha value is -0.120. The molecule has 2 N–H and O–H groups in total. The van der Waals surface area contributed by atoms with Crippen LogP contribution in [-0.2, 0) is 4.74 Å². The van der Waals surface area contributed by atoms with Gasteiger partial charge in [-0.3, -0.25) is 4.90 Å². The van der Waals surface area contributed by atoms with Gasteiger partial charge in [0.2, 0.25) is 0 Å². The lowest BCUT2D eigenvalue weighted by Crippen LogP contribution is -2.71. The van der Waals surface area contributed by atoms with Crippen LogP contribution in [0.2, 0.25) is 0 Å². The highest BCUT2D eigenvalue weighted by atomic mass is 16.5. The topological polar surface area (TPSA) is 38.5 Å². The molecule has 0 aromatic rings. The van der Waals surface area contributed by atoms with Gasteiger partial charge in [0.1, 0.15) is 0 Å². The van der Waals surface area contributed by atoms with Crippen LogP contribution in [0, 0.1) is 5.41 Å². The van der Waals surface area contributed by atoms with Crippen LogP contribution in [0.5, 0.6) is 0 Å². The normalized spacial score (nSPS) is 36.5. The fourth-order valence-electron chi connectivity index (χ4n) is 4.20. The van der Waals surface area contributed by atoms with Crippen molar-refractivity contribution < 1.29 is 4.74 Å². The zero-order chi connectivity index (χ0) is 13.4. The molecule has 2 fully saturated rings. The maximum Gasteiger partial charge on any atom is 0.0645 e. The molecular weight excluding hydrogens is 224 g/mol. The third kappa shape index (κ3) is 2.10. The van der Waals surface area contributed by atoms with Gasteiger partial charge in [0.25, 0.3) is 0 Å². The van der Waals surface area contributed by atoms with Crippen LogP contribution in [0.15, 0.2) is 0 Å². The van der Waals surface area contributed by atoms with Crippen LogP contribution in [0.25, 0.3) is 0 Å². The molecule has 0 spiro atoms. The minimum absolute atomic E-state index is 0.103. The Balaban J connectivity index is 2.35. The summed E-state index contributed by atoms with van der Waals surface area (Å²) in [6, 6.07) is 0. The molecule has 1 aliphatic carbocycles. The highest BCUT2D eigenvalue weighted by Gasteiger charge is 2.53. The molecule has 1 saturated carbocycles. The van der Waals surface area contributed by atoms with E-state index in [-0.39, 0.29) is 11.1 Å². The number of rotatable bonds is 2. The Bertz CT molecular complexity index is 301. The summed E-state index contributed by atoms with van der Waals surface area (Å²) in [5.74, 6) is 0. The first-order valence-corrected chi connectivity index (χ1v) is 7.41. The lowest BCUT2D eigenvalue weighted by atomic mass is 9.61. The number of hydrogen-bond acceptors (Lipinski definition) is 3. The van der Waals surface area contributed by atoms with Crippen LogP contribution in [-0.4, -0.2) is 42.3 Å². The largest absolute Gasteiger partial charge is 0.378 e. The molecule has 1 saturated heterocycles. The van der Waals surface area contributed by atoms with Gasteiger partial charge in [0.15, 0.2) is 0 Å². The van der Waals surface area contributed by atoms with Crippen molar-refractivity contribution in [3.05, 3.63) is 0 Å². The molecule has 0 aromatic heterocycles. The maximum atomic E-state index is 6.28. The summed E-state index contributed by atoms with van der Waals surface area (Å²) in [5, 5.41) is 0. The van der Waals surface area contributed by atoms with Crippen molar-refractivity contribution in [2.24, 2.45) is 11.1 Å². The Morgan fingerprint density at radius 1 is 1.11 bits per heavy atom. The molecule has 2 aliphatic rings. The molecule has 1 heterocycles. The van der Waals surface area contributed by atoms with Crippen molar-refractivity contribution in [2.75, 3.05) is 26.3 Å². The van der Waals surface area contributed by atoms with Gasteiger partial charge in [0, 0.05) is 24.2 Å². The predicted molar refractivity (Wildman–Crippen MR) is 75.6 cm³/mol. The molecule has 2 rings (SSSR count). The standard InChI is InChI=1S/C15H30N2O/c1-13(2)7-5-6-8-15(13,11-16)17-9-10-18-12-14(17,3)4/h5-12,16H2,1-4H3. The predicted octanol–water partition coefficient (Wildman–Crippen LogP) is 2.39. The summed E-state index contributed by atoms with van der Waals surface area (Å²) in [6.07, 6.45) is 5.19. The van der Waals surface area contributed by atoms with Crippen LogP contribution >= 0.6 is 0 Å².